The van der Waals surface area contributed by atoms with E-state index in [-0.39, 0.29) is 478 Å². The molecule has 33 nitrogen and oxygen atoms in total. The molecule has 0 saturated heterocycles. The molecule has 0 amide bonds. The first-order valence-corrected chi connectivity index (χ1v) is 12.6. The van der Waals surface area contributed by atoms with Gasteiger partial charge in [0.05, 0.1) is 48.3 Å². The topological polar surface area (TPSA) is 676 Å². The zero-order valence-corrected chi connectivity index (χ0v) is 65.0. The number of aliphatic carboxylic acids is 11. The first-order valence-electron chi connectivity index (χ1n) is 12.6. The maximum absolute atomic E-state index is 11.0. The second-order valence-electron chi connectivity index (χ2n) is 9.36. The second-order valence-corrected chi connectivity index (χ2v) is 9.36. The maximum atomic E-state index is 11.0. The summed E-state index contributed by atoms with van der Waals surface area (Å²) < 4.78 is 0. The minimum Gasteiger partial charge on any atom is -0.870 e. The number of hydrogen-bond donors (Lipinski definition) is 5. The molecule has 8 unspecified atom stereocenters. The average Bonchev–Trinajstić information content (AvgIpc) is 3.02. The van der Waals surface area contributed by atoms with Gasteiger partial charge in [-0.25, -0.2) is 0 Å². The van der Waals surface area contributed by atoms with Crippen molar-refractivity contribution in [2.75, 3.05) is 0 Å². The summed E-state index contributed by atoms with van der Waals surface area (Å²) in [6, 6.07) is 0. The normalized spacial score (nSPS) is 13.4. The Hall–Kier alpha value is 8.20. The first kappa shape index (κ1) is 123. The minimum absolute atomic E-state index is 0. The molecule has 68 heavy (non-hydrogen) atoms. The number of carbonyl (C=O) groups is 11. The molecule has 0 spiro atoms. The van der Waals surface area contributed by atoms with Gasteiger partial charge >= 0.3 is 473 Å². The zero-order chi connectivity index (χ0) is 46.5. The maximum Gasteiger partial charge on any atom is 2.00 e. The predicted octanol–water partition coefficient (Wildman–Crippen LogP) is -48.6. The van der Waals surface area contributed by atoms with E-state index in [1.807, 2.05) is 0 Å². The fourth-order valence-corrected chi connectivity index (χ4v) is 2.36. The molecule has 0 saturated carbocycles. The minimum atomic E-state index is -3.71. The molecule has 0 aromatic heterocycles. The summed E-state index contributed by atoms with van der Waals surface area (Å²) >= 11 is 0. The Labute approximate surface area is 755 Å². The number of carboxylic acid groups (broad SMARTS) is 11. The van der Waals surface area contributed by atoms with Crippen molar-refractivity contribution in [3.63, 3.8) is 0 Å². The number of carbonyl (C=O) groups excluding carboxylic acids is 13. The van der Waals surface area contributed by atoms with E-state index in [1.54, 1.807) is 0 Å². The van der Waals surface area contributed by atoms with Crippen LogP contribution in [0.1, 0.15) is 19.3 Å². The van der Waals surface area contributed by atoms with Crippen molar-refractivity contribution in [3.05, 3.63) is 6.92 Å². The van der Waals surface area contributed by atoms with E-state index < -0.39 is 132 Å². The number of carboxylic acids is 11. The van der Waals surface area contributed by atoms with Crippen LogP contribution in [0.15, 0.2) is 0 Å². The molecule has 0 heterocycles. The first-order chi connectivity index (χ1) is 24.9. The Morgan fingerprint density at radius 3 is 0.603 bits per heavy atom. The molecule has 0 aliphatic heterocycles. The van der Waals surface area contributed by atoms with E-state index in [1.165, 1.54) is 0 Å². The summed E-state index contributed by atoms with van der Waals surface area (Å²) in [5.41, 5.74) is -14.2. The third-order valence-electron chi connectivity index (χ3n) is 5.28. The average molecular weight is 1220 g/mol. The summed E-state index contributed by atoms with van der Waals surface area (Å²) in [6.45, 7) is 2.51. The molecule has 328 valence electrons. The van der Waals surface area contributed by atoms with E-state index in [0.29, 0.717) is 0 Å². The van der Waals surface area contributed by atoms with Crippen molar-refractivity contribution in [2.45, 2.75) is 66.1 Å². The fraction of sp³-hybridized carbons (Fsp3) is 0.458. The summed E-state index contributed by atoms with van der Waals surface area (Å²) in [6.07, 6.45) is -16.6. The number of aliphatic hydroxyl groups is 5. The van der Waals surface area contributed by atoms with Gasteiger partial charge in [-0.2, -0.15) is 9.59 Å². The van der Waals surface area contributed by atoms with Gasteiger partial charge in [0.1, 0.15) is 0 Å². The Balaban J connectivity index is -0.0000000316. The van der Waals surface area contributed by atoms with Crippen LogP contribution in [0.3, 0.4) is 0 Å². The van der Waals surface area contributed by atoms with Gasteiger partial charge < -0.3 is 162 Å². The molecule has 0 fully saturated rings. The third kappa shape index (κ3) is 52.3. The van der Waals surface area contributed by atoms with E-state index >= 15 is 0 Å². The monoisotopic (exact) mass is 1220 g/mol. The van der Waals surface area contributed by atoms with Crippen molar-refractivity contribution < 1.29 is 525 Å². The van der Waals surface area contributed by atoms with Crippen LogP contribution in [0.2, 0.25) is 0 Å². The standard InChI is InChI=1S/3C6H7O8.C5H7O6.CO2.Ca.7K.3Mg.H2O/c3*7-2(8)1-6(14,5(12)13)3(9)4(10)11;1-5(11,4(9)10)2(6)3(7)8;2-1-3;;;;;;;;;;;;/h3*3,9H,1H2,(H,7,8)(H,10,11)(H,12,13);2,6,11H,1H2,(H,7,8)(H,9,10);;;;;;;;;;;;;1H2/q4*-1;;+2;7*+1;3*+2;/p-12. The van der Waals surface area contributed by atoms with Crippen molar-refractivity contribution in [3.8, 4) is 0 Å². The van der Waals surface area contributed by atoms with Crippen LogP contribution in [0, 0.1) is 6.92 Å². The van der Waals surface area contributed by atoms with Crippen molar-refractivity contribution >= 4 is 179 Å². The van der Waals surface area contributed by atoms with Gasteiger partial charge in [0, 0.05) is 47.4 Å². The molecule has 0 radical (unpaired) electrons. The van der Waals surface area contributed by atoms with Crippen LogP contribution < -0.4 is 431 Å². The van der Waals surface area contributed by atoms with E-state index in [0.717, 1.165) is 0 Å². The molecule has 8 atom stereocenters. The Morgan fingerprint density at radius 2 is 0.544 bits per heavy atom. The molecule has 0 aliphatic rings. The smallest absolute Gasteiger partial charge is 0.870 e. The van der Waals surface area contributed by atoms with Crippen molar-refractivity contribution in [2.24, 2.45) is 0 Å². The number of rotatable bonds is 18. The molecule has 6 N–H and O–H groups in total. The SMILES string of the molecule is O=C([O-])CC([O-])(C(=O)[O-])C(O)C(=O)[O-].O=C([O-])CC([O-])(C(=O)[O-])C(O)C(=O)[O-].O=C([O-])CC([O-])(C(=O)[O-])C(O)C(=O)[O-].O=C=O.[CH2-]C(O)(C(=O)[O-])C(O)C(=O)[O-].[Ca+2].[K+].[K+].[K+].[K+].[K+].[K+].[K+].[Mg+2].[Mg+2].[Mg+2].[OH-]. The molecule has 0 bridgehead atoms. The largest absolute Gasteiger partial charge is 2.00 e. The molecule has 0 aromatic rings. The predicted molar refractivity (Wildman–Crippen MR) is 141 cm³/mol. The van der Waals surface area contributed by atoms with Gasteiger partial charge in [0.25, 0.3) is 0 Å². The van der Waals surface area contributed by atoms with Crippen LogP contribution in [0.5, 0.6) is 0 Å². The van der Waals surface area contributed by atoms with Gasteiger partial charge in [-0.3, -0.25) is 0 Å². The Morgan fingerprint density at radius 1 is 0.412 bits per heavy atom. The van der Waals surface area contributed by atoms with Gasteiger partial charge in [0.2, 0.25) is 0 Å². The van der Waals surface area contributed by atoms with Crippen LogP contribution in [-0.2, 0) is 62.3 Å². The number of hydrogen-bond acceptors (Lipinski definition) is 33. The van der Waals surface area contributed by atoms with Gasteiger partial charge in [-0.1, -0.05) is 0 Å². The third-order valence-corrected chi connectivity index (χ3v) is 5.28. The van der Waals surface area contributed by atoms with Gasteiger partial charge in [-0.05, 0) is 36.1 Å². The summed E-state index contributed by atoms with van der Waals surface area (Å²) in [5.74, 6) is -25.5. The van der Waals surface area contributed by atoms with Crippen LogP contribution in [-0.4, -0.2) is 257 Å². The number of aliphatic hydroxyl groups excluding tert-OH is 4. The van der Waals surface area contributed by atoms with E-state index in [2.05, 4.69) is 6.92 Å². The molecule has 0 aromatic carbocycles. The van der Waals surface area contributed by atoms with Crippen molar-refractivity contribution in [1.82, 2.24) is 0 Å². The van der Waals surface area contributed by atoms with Gasteiger partial charge in [0.15, 0.2) is 0 Å². The zero-order valence-electron chi connectivity index (χ0n) is 36.7. The molecule has 0 aliphatic carbocycles. The Bertz CT molecular complexity index is 1430. The summed E-state index contributed by atoms with van der Waals surface area (Å²) in [5, 5.41) is 186. The van der Waals surface area contributed by atoms with Gasteiger partial charge in [-0.15, -0.1) is 0 Å². The summed E-state index contributed by atoms with van der Waals surface area (Å²) in [4.78, 5) is 126. The fourth-order valence-electron chi connectivity index (χ4n) is 2.36. The van der Waals surface area contributed by atoms with Crippen LogP contribution >= 0.6 is 0 Å². The van der Waals surface area contributed by atoms with E-state index in [4.69, 9.17) is 35.1 Å². The second kappa shape index (κ2) is 62.8. The summed E-state index contributed by atoms with van der Waals surface area (Å²) in [7, 11) is 0. The molecule has 0 rings (SSSR count). The van der Waals surface area contributed by atoms with Crippen LogP contribution in [0.25, 0.3) is 0 Å². The van der Waals surface area contributed by atoms with Crippen LogP contribution in [0.4, 0.5) is 0 Å². The molecular formula is C24H18CaK7Mg3O33-. The quantitative estimate of drug-likeness (QED) is 0.0628. The van der Waals surface area contributed by atoms with E-state index in [9.17, 15) is 124 Å². The van der Waals surface area contributed by atoms with Crippen molar-refractivity contribution in [1.29, 1.82) is 0 Å². The molecular weight excluding hydrogens is 1200 g/mol. The molecule has 44 heteroatoms. The Kier molecular flexibility index (Phi) is 114.